The third-order valence-electron chi connectivity index (χ3n) is 1.99. The summed E-state index contributed by atoms with van der Waals surface area (Å²) in [5.41, 5.74) is -0.190. The molecule has 5 nitrogen and oxygen atoms in total. The van der Waals surface area contributed by atoms with Crippen LogP contribution >= 0.6 is 0 Å². The van der Waals surface area contributed by atoms with E-state index in [0.29, 0.717) is 5.57 Å². The fourth-order valence-corrected chi connectivity index (χ4v) is 1.28. The number of carboxylic acid groups (broad SMARTS) is 2. The molecule has 14 heavy (non-hydrogen) atoms. The maximum absolute atomic E-state index is 10.7. The van der Waals surface area contributed by atoms with Crippen molar-refractivity contribution in [3.63, 3.8) is 0 Å². The van der Waals surface area contributed by atoms with Crippen LogP contribution in [0.3, 0.4) is 0 Å². The Bertz CT molecular complexity index is 378. The van der Waals surface area contributed by atoms with Gasteiger partial charge in [-0.25, -0.2) is 4.79 Å². The van der Waals surface area contributed by atoms with Crippen molar-refractivity contribution >= 4 is 17.7 Å². The molecule has 0 saturated heterocycles. The van der Waals surface area contributed by atoms with Gasteiger partial charge in [-0.3, -0.25) is 4.79 Å². The lowest BCUT2D eigenvalue weighted by molar-refractivity contribution is -0.138. The van der Waals surface area contributed by atoms with Crippen molar-refractivity contribution in [3.05, 3.63) is 23.3 Å². The molecule has 1 aliphatic carbocycles. The molecule has 0 aromatic carbocycles. The van der Waals surface area contributed by atoms with Crippen LogP contribution in [0.1, 0.15) is 6.92 Å². The highest BCUT2D eigenvalue weighted by molar-refractivity contribution is 6.25. The fourth-order valence-electron chi connectivity index (χ4n) is 1.28. The smallest absolute Gasteiger partial charge is 0.337 e. The summed E-state index contributed by atoms with van der Waals surface area (Å²) in [4.78, 5) is 21.3. The topological polar surface area (TPSA) is 98.5 Å². The molecule has 0 aromatic heterocycles. The Balaban J connectivity index is 3.16. The van der Waals surface area contributed by atoms with Crippen molar-refractivity contribution in [2.24, 2.45) is 5.92 Å². The Kier molecular flexibility index (Phi) is 2.51. The first-order valence-electron chi connectivity index (χ1n) is 3.89. The largest absolute Gasteiger partial charge is 0.481 e. The van der Waals surface area contributed by atoms with E-state index in [1.165, 1.54) is 19.1 Å². The minimum atomic E-state index is -1.26. The molecule has 5 heteroatoms. The predicted octanol–water partition coefficient (Wildman–Crippen LogP) is 0.678. The Labute approximate surface area is 79.9 Å². The van der Waals surface area contributed by atoms with Crippen molar-refractivity contribution in [1.29, 1.82) is 5.41 Å². The first-order valence-corrected chi connectivity index (χ1v) is 3.89. The third kappa shape index (κ3) is 1.56. The van der Waals surface area contributed by atoms with Gasteiger partial charge < -0.3 is 15.6 Å². The predicted molar refractivity (Wildman–Crippen MR) is 48.3 cm³/mol. The van der Waals surface area contributed by atoms with Gasteiger partial charge in [-0.15, -0.1) is 0 Å². The lowest BCUT2D eigenvalue weighted by Crippen LogP contribution is -2.28. The van der Waals surface area contributed by atoms with E-state index in [1.807, 2.05) is 0 Å². The summed E-state index contributed by atoms with van der Waals surface area (Å²) in [5.74, 6) is -3.62. The van der Waals surface area contributed by atoms with Crippen molar-refractivity contribution < 1.29 is 19.8 Å². The monoisotopic (exact) mass is 195 g/mol. The summed E-state index contributed by atoms with van der Waals surface area (Å²) in [7, 11) is 0. The molecule has 0 heterocycles. The maximum atomic E-state index is 10.7. The number of rotatable bonds is 2. The number of nitrogens with one attached hydrogen (secondary N) is 1. The number of aliphatic carboxylic acids is 2. The highest BCUT2D eigenvalue weighted by atomic mass is 16.4. The van der Waals surface area contributed by atoms with Gasteiger partial charge in [-0.2, -0.15) is 0 Å². The first kappa shape index (κ1) is 10.2. The highest BCUT2D eigenvalue weighted by Crippen LogP contribution is 2.20. The van der Waals surface area contributed by atoms with Crippen LogP contribution in [0.4, 0.5) is 0 Å². The van der Waals surface area contributed by atoms with Gasteiger partial charge in [0.1, 0.15) is 5.92 Å². The van der Waals surface area contributed by atoms with Crippen LogP contribution in [0.25, 0.3) is 0 Å². The van der Waals surface area contributed by atoms with Gasteiger partial charge in [0, 0.05) is 0 Å². The van der Waals surface area contributed by atoms with E-state index >= 15 is 0 Å². The average molecular weight is 195 g/mol. The molecule has 0 fully saturated rings. The van der Waals surface area contributed by atoms with Crippen LogP contribution in [0.2, 0.25) is 0 Å². The molecule has 0 aliphatic heterocycles. The summed E-state index contributed by atoms with van der Waals surface area (Å²) in [6.07, 6.45) is 2.73. The van der Waals surface area contributed by atoms with Gasteiger partial charge >= 0.3 is 11.9 Å². The van der Waals surface area contributed by atoms with Crippen molar-refractivity contribution in [2.45, 2.75) is 6.92 Å². The maximum Gasteiger partial charge on any atom is 0.337 e. The van der Waals surface area contributed by atoms with Crippen molar-refractivity contribution in [3.8, 4) is 0 Å². The van der Waals surface area contributed by atoms with E-state index in [9.17, 15) is 9.59 Å². The fraction of sp³-hybridized carbons (Fsp3) is 0.222. The lowest BCUT2D eigenvalue weighted by Gasteiger charge is -2.16. The van der Waals surface area contributed by atoms with E-state index < -0.39 is 17.9 Å². The molecule has 0 spiro atoms. The van der Waals surface area contributed by atoms with Crippen molar-refractivity contribution in [2.75, 3.05) is 0 Å². The van der Waals surface area contributed by atoms with Crippen molar-refractivity contribution in [1.82, 2.24) is 0 Å². The second-order valence-electron chi connectivity index (χ2n) is 2.95. The minimum absolute atomic E-state index is 0.222. The SMILES string of the molecule is CC1=C(C(=O)O)C(=N)C(C(=O)O)C=C1. The van der Waals surface area contributed by atoms with Gasteiger partial charge in [0.25, 0.3) is 0 Å². The number of carboxylic acids is 2. The van der Waals surface area contributed by atoms with Crippen LogP contribution < -0.4 is 0 Å². The van der Waals surface area contributed by atoms with Crippen LogP contribution in [0, 0.1) is 11.3 Å². The van der Waals surface area contributed by atoms with E-state index in [1.54, 1.807) is 0 Å². The standard InChI is InChI=1S/C9H9NO4/c1-4-2-3-5(8(11)12)7(10)6(4)9(13)14/h2-3,5,10H,1H3,(H,11,12)(H,13,14). The molecular formula is C9H9NO4. The zero-order chi connectivity index (χ0) is 10.9. The van der Waals surface area contributed by atoms with E-state index in [0.717, 1.165) is 0 Å². The first-order chi connectivity index (χ1) is 6.45. The summed E-state index contributed by atoms with van der Waals surface area (Å²) >= 11 is 0. The normalized spacial score (nSPS) is 21.2. The van der Waals surface area contributed by atoms with Gasteiger partial charge in [0.15, 0.2) is 0 Å². The van der Waals surface area contributed by atoms with Crippen LogP contribution in [0.15, 0.2) is 23.3 Å². The third-order valence-corrected chi connectivity index (χ3v) is 1.99. The zero-order valence-corrected chi connectivity index (χ0v) is 7.44. The van der Waals surface area contributed by atoms with Crippen LogP contribution in [-0.4, -0.2) is 27.9 Å². The highest BCUT2D eigenvalue weighted by Gasteiger charge is 2.30. The summed E-state index contributed by atoms with van der Waals surface area (Å²) in [6, 6.07) is 0. The Hall–Kier alpha value is -1.91. The van der Waals surface area contributed by atoms with Gasteiger partial charge in [-0.1, -0.05) is 12.2 Å². The molecule has 3 N–H and O–H groups in total. The van der Waals surface area contributed by atoms with Crippen LogP contribution in [-0.2, 0) is 9.59 Å². The molecule has 1 unspecified atom stereocenters. The second kappa shape index (κ2) is 3.45. The Morgan fingerprint density at radius 3 is 2.43 bits per heavy atom. The van der Waals surface area contributed by atoms with Crippen LogP contribution in [0.5, 0.6) is 0 Å². The lowest BCUT2D eigenvalue weighted by atomic mass is 9.88. The molecule has 0 amide bonds. The Morgan fingerprint density at radius 1 is 1.43 bits per heavy atom. The molecule has 1 aliphatic rings. The summed E-state index contributed by atoms with van der Waals surface area (Å²) < 4.78 is 0. The van der Waals surface area contributed by atoms with Gasteiger partial charge in [-0.05, 0) is 12.5 Å². The Morgan fingerprint density at radius 2 is 2.00 bits per heavy atom. The van der Waals surface area contributed by atoms with E-state index in [2.05, 4.69) is 0 Å². The molecule has 0 bridgehead atoms. The average Bonchev–Trinajstić information content (AvgIpc) is 2.02. The van der Waals surface area contributed by atoms with Gasteiger partial charge in [0.05, 0.1) is 11.3 Å². The molecular weight excluding hydrogens is 186 g/mol. The number of carbonyl (C=O) groups is 2. The molecule has 74 valence electrons. The molecule has 0 radical (unpaired) electrons. The minimum Gasteiger partial charge on any atom is -0.481 e. The molecule has 0 aromatic rings. The summed E-state index contributed by atoms with van der Waals surface area (Å²) in [5, 5.41) is 24.9. The molecule has 1 atom stereocenters. The van der Waals surface area contributed by atoms with Gasteiger partial charge in [0.2, 0.25) is 0 Å². The number of allylic oxidation sites excluding steroid dienone is 2. The zero-order valence-electron chi connectivity index (χ0n) is 7.44. The van der Waals surface area contributed by atoms with E-state index in [4.69, 9.17) is 15.6 Å². The number of hydrogen-bond donors (Lipinski definition) is 3. The second-order valence-corrected chi connectivity index (χ2v) is 2.95. The quantitative estimate of drug-likeness (QED) is 0.603. The molecule has 0 saturated carbocycles. The summed E-state index contributed by atoms with van der Waals surface area (Å²) in [6.45, 7) is 1.53. The molecule has 1 rings (SSSR count). The number of hydrogen-bond acceptors (Lipinski definition) is 3. The van der Waals surface area contributed by atoms with E-state index in [-0.39, 0.29) is 11.3 Å².